The molecule has 1 aliphatic rings. The van der Waals surface area contributed by atoms with E-state index in [0.29, 0.717) is 12.0 Å². The lowest BCUT2D eigenvalue weighted by molar-refractivity contribution is 0.487. The molecular weight excluding hydrogens is 248 g/mol. The zero-order valence-electron chi connectivity index (χ0n) is 12.6. The molecule has 0 spiro atoms. The van der Waals surface area contributed by atoms with Crippen LogP contribution in [0.2, 0.25) is 0 Å². The van der Waals surface area contributed by atoms with Crippen LogP contribution in [0.25, 0.3) is 0 Å². The molecule has 4 heteroatoms. The highest BCUT2D eigenvalue weighted by Crippen LogP contribution is 2.24. The molecule has 1 saturated carbocycles. The zero-order chi connectivity index (χ0) is 14.4. The third-order valence-electron chi connectivity index (χ3n) is 3.83. The van der Waals surface area contributed by atoms with E-state index >= 15 is 0 Å². The molecule has 1 aliphatic carbocycles. The van der Waals surface area contributed by atoms with Crippen molar-refractivity contribution in [1.29, 1.82) is 0 Å². The Balaban J connectivity index is 1.62. The number of nitrogens with two attached hydrogens (primary N) is 1. The van der Waals surface area contributed by atoms with E-state index in [2.05, 4.69) is 46.1 Å². The van der Waals surface area contributed by atoms with Gasteiger partial charge in [0.2, 0.25) is 0 Å². The number of benzene rings is 1. The van der Waals surface area contributed by atoms with E-state index in [0.717, 1.165) is 25.9 Å². The van der Waals surface area contributed by atoms with Gasteiger partial charge in [0.05, 0.1) is 0 Å². The fraction of sp³-hybridized carbons (Fsp3) is 0.562. The molecule has 0 bridgehead atoms. The smallest absolute Gasteiger partial charge is 0.191 e. The maximum Gasteiger partial charge on any atom is 0.191 e. The number of hydrogen-bond acceptors (Lipinski definition) is 2. The molecule has 110 valence electrons. The highest BCUT2D eigenvalue weighted by atomic mass is 15.3. The molecule has 0 amide bonds. The van der Waals surface area contributed by atoms with Crippen LogP contribution < -0.4 is 10.6 Å². The van der Waals surface area contributed by atoms with Gasteiger partial charge in [-0.1, -0.05) is 18.2 Å². The zero-order valence-corrected chi connectivity index (χ0v) is 12.6. The molecule has 0 atom stereocenters. The molecule has 0 radical (unpaired) electrons. The molecule has 0 unspecified atom stereocenters. The van der Waals surface area contributed by atoms with Crippen molar-refractivity contribution in [3.05, 3.63) is 30.3 Å². The van der Waals surface area contributed by atoms with Gasteiger partial charge in [-0.3, -0.25) is 4.99 Å². The lowest BCUT2D eigenvalue weighted by Crippen LogP contribution is -2.35. The van der Waals surface area contributed by atoms with Gasteiger partial charge in [-0.2, -0.15) is 0 Å². The second kappa shape index (κ2) is 7.17. The summed E-state index contributed by atoms with van der Waals surface area (Å²) in [5, 5.41) is 0. The Bertz CT molecular complexity index is 425. The molecule has 0 aromatic heterocycles. The van der Waals surface area contributed by atoms with Crippen LogP contribution >= 0.6 is 0 Å². The minimum atomic E-state index is 0.642. The van der Waals surface area contributed by atoms with E-state index in [-0.39, 0.29) is 0 Å². The van der Waals surface area contributed by atoms with Crippen LogP contribution in [0.5, 0.6) is 0 Å². The number of guanidine groups is 1. The highest BCUT2D eigenvalue weighted by molar-refractivity contribution is 5.78. The Labute approximate surface area is 122 Å². The monoisotopic (exact) mass is 274 g/mol. The third kappa shape index (κ3) is 4.44. The molecule has 1 aromatic carbocycles. The fourth-order valence-electron chi connectivity index (χ4n) is 2.23. The molecule has 0 heterocycles. The van der Waals surface area contributed by atoms with E-state index in [4.69, 9.17) is 5.73 Å². The van der Waals surface area contributed by atoms with Crippen molar-refractivity contribution >= 4 is 11.6 Å². The molecule has 2 N–H and O–H groups in total. The van der Waals surface area contributed by atoms with E-state index < -0.39 is 0 Å². The fourth-order valence-corrected chi connectivity index (χ4v) is 2.23. The maximum absolute atomic E-state index is 5.96. The summed E-state index contributed by atoms with van der Waals surface area (Å²) in [6.45, 7) is 1.88. The Morgan fingerprint density at radius 2 is 1.90 bits per heavy atom. The van der Waals surface area contributed by atoms with Crippen LogP contribution in [0.3, 0.4) is 0 Å². The second-order valence-electron chi connectivity index (χ2n) is 5.55. The van der Waals surface area contributed by atoms with Gasteiger partial charge >= 0.3 is 0 Å². The van der Waals surface area contributed by atoms with Crippen LogP contribution in [0.15, 0.2) is 35.3 Å². The van der Waals surface area contributed by atoms with Gasteiger partial charge in [-0.15, -0.1) is 0 Å². The van der Waals surface area contributed by atoms with E-state index in [1.165, 1.54) is 18.5 Å². The summed E-state index contributed by atoms with van der Waals surface area (Å²) in [7, 11) is 4.17. The number of hydrogen-bond donors (Lipinski definition) is 1. The van der Waals surface area contributed by atoms with Gasteiger partial charge in [0.1, 0.15) is 0 Å². The minimum absolute atomic E-state index is 0.642. The van der Waals surface area contributed by atoms with E-state index in [1.807, 2.05) is 13.1 Å². The average Bonchev–Trinajstić information content (AvgIpc) is 3.31. The third-order valence-corrected chi connectivity index (χ3v) is 3.83. The summed E-state index contributed by atoms with van der Waals surface area (Å²) in [5.41, 5.74) is 7.22. The first-order chi connectivity index (χ1) is 9.68. The number of nitrogens with zero attached hydrogens (tertiary/aromatic N) is 3. The van der Waals surface area contributed by atoms with E-state index in [1.54, 1.807) is 0 Å². The van der Waals surface area contributed by atoms with Crippen molar-refractivity contribution in [3.8, 4) is 0 Å². The number of rotatable bonds is 7. The van der Waals surface area contributed by atoms with Crippen molar-refractivity contribution < 1.29 is 0 Å². The van der Waals surface area contributed by atoms with Gasteiger partial charge < -0.3 is 15.5 Å². The van der Waals surface area contributed by atoms with Crippen molar-refractivity contribution in [1.82, 2.24) is 4.90 Å². The van der Waals surface area contributed by atoms with E-state index in [9.17, 15) is 0 Å². The van der Waals surface area contributed by atoms with Crippen LogP contribution in [0, 0.1) is 0 Å². The minimum Gasteiger partial charge on any atom is -0.375 e. The van der Waals surface area contributed by atoms with Crippen LogP contribution in [0.1, 0.15) is 25.7 Å². The summed E-state index contributed by atoms with van der Waals surface area (Å²) in [6, 6.07) is 11.1. The highest BCUT2D eigenvalue weighted by Gasteiger charge is 2.27. The predicted octanol–water partition coefficient (Wildman–Crippen LogP) is 2.31. The largest absolute Gasteiger partial charge is 0.375 e. The molecule has 4 nitrogen and oxygen atoms in total. The summed E-state index contributed by atoms with van der Waals surface area (Å²) in [4.78, 5) is 8.85. The molecule has 0 saturated heterocycles. The summed E-state index contributed by atoms with van der Waals surface area (Å²) in [5.74, 6) is 0.698. The second-order valence-corrected chi connectivity index (χ2v) is 5.55. The quantitative estimate of drug-likeness (QED) is 0.471. The summed E-state index contributed by atoms with van der Waals surface area (Å²) >= 11 is 0. The van der Waals surface area contributed by atoms with Crippen molar-refractivity contribution in [2.45, 2.75) is 31.7 Å². The van der Waals surface area contributed by atoms with Crippen molar-refractivity contribution in [3.63, 3.8) is 0 Å². The summed E-state index contributed by atoms with van der Waals surface area (Å²) < 4.78 is 0. The average molecular weight is 274 g/mol. The van der Waals surface area contributed by atoms with Gasteiger partial charge in [0.15, 0.2) is 5.96 Å². The van der Waals surface area contributed by atoms with Gasteiger partial charge in [-0.05, 0) is 37.8 Å². The molecule has 0 aliphatic heterocycles. The maximum atomic E-state index is 5.96. The van der Waals surface area contributed by atoms with Crippen LogP contribution in [-0.2, 0) is 0 Å². The predicted molar refractivity (Wildman–Crippen MR) is 86.2 cm³/mol. The van der Waals surface area contributed by atoms with Crippen molar-refractivity contribution in [2.75, 3.05) is 32.1 Å². The molecule has 2 rings (SSSR count). The summed E-state index contributed by atoms with van der Waals surface area (Å²) in [6.07, 6.45) is 4.73. The van der Waals surface area contributed by atoms with Crippen molar-refractivity contribution in [2.24, 2.45) is 10.7 Å². The molecule has 1 fully saturated rings. The Morgan fingerprint density at radius 3 is 2.55 bits per heavy atom. The standard InChI is InChI=1S/C16H26N4/c1-19(14-8-4-3-5-9-14)13-7-6-12-18-16(17)20(2)15-10-11-15/h3-5,8-9,15H,6-7,10-13H2,1-2H3,(H2,17,18). The Morgan fingerprint density at radius 1 is 1.20 bits per heavy atom. The molecular formula is C16H26N4. The van der Waals surface area contributed by atoms with Crippen LogP contribution in [0.4, 0.5) is 5.69 Å². The number of aliphatic imine (C=N–C) groups is 1. The lowest BCUT2D eigenvalue weighted by Gasteiger charge is -2.19. The number of anilines is 1. The van der Waals surface area contributed by atoms with Gasteiger partial charge in [0.25, 0.3) is 0 Å². The Kier molecular flexibility index (Phi) is 5.27. The van der Waals surface area contributed by atoms with Gasteiger partial charge in [0, 0.05) is 38.9 Å². The Hall–Kier alpha value is -1.71. The first kappa shape index (κ1) is 14.7. The first-order valence-corrected chi connectivity index (χ1v) is 7.47. The molecule has 1 aromatic rings. The number of unbranched alkanes of at least 4 members (excludes halogenated alkanes) is 1. The van der Waals surface area contributed by atoms with Gasteiger partial charge in [-0.25, -0.2) is 0 Å². The molecule has 20 heavy (non-hydrogen) atoms. The van der Waals surface area contributed by atoms with Crippen LogP contribution in [-0.4, -0.2) is 44.1 Å². The first-order valence-electron chi connectivity index (χ1n) is 7.47. The number of para-hydroxylation sites is 1. The SMILES string of the molecule is CN(CCCCN=C(N)N(C)C1CC1)c1ccccc1. The normalized spacial score (nSPS) is 15.2. The topological polar surface area (TPSA) is 44.9 Å². The lowest BCUT2D eigenvalue weighted by atomic mass is 10.2.